The van der Waals surface area contributed by atoms with E-state index >= 15 is 0 Å². The van der Waals surface area contributed by atoms with Gasteiger partial charge in [-0.1, -0.05) is 0 Å². The van der Waals surface area contributed by atoms with Crippen molar-refractivity contribution in [2.24, 2.45) is 0 Å². The summed E-state index contributed by atoms with van der Waals surface area (Å²) in [5.41, 5.74) is -2.74. The Kier molecular flexibility index (Phi) is 19.3. The first-order chi connectivity index (χ1) is 5.78. The summed E-state index contributed by atoms with van der Waals surface area (Å²) in [7, 11) is 0. The molecule has 0 saturated carbocycles. The molecule has 0 atom stereocenters. The van der Waals surface area contributed by atoms with Gasteiger partial charge >= 0.3 is 17.9 Å². The zero-order valence-electron chi connectivity index (χ0n) is 9.05. The van der Waals surface area contributed by atoms with Gasteiger partial charge in [0.25, 0.3) is 0 Å². The van der Waals surface area contributed by atoms with Gasteiger partial charge in [-0.05, 0) is 0 Å². The molecule has 0 spiro atoms. The van der Waals surface area contributed by atoms with Gasteiger partial charge in [-0.3, -0.25) is 9.59 Å². The molecule has 106 valence electrons. The maximum absolute atomic E-state index is 10.3. The Labute approximate surface area is 104 Å². The fraction of sp³-hybridized carbons (Fsp3) is 0.500. The molecule has 0 aromatic heterocycles. The fourth-order valence-corrected chi connectivity index (χ4v) is 0.714. The van der Waals surface area contributed by atoms with E-state index in [1.54, 1.807) is 0 Å². The molecule has 0 aromatic rings. The second-order valence-corrected chi connectivity index (χ2v) is 2.48. The number of hydrogen-bond donors (Lipinski definition) is 7. The Bertz CT molecular complexity index is 244. The number of rotatable bonds is 5. The van der Waals surface area contributed by atoms with Gasteiger partial charge in [0.2, 0.25) is 0 Å². The lowest BCUT2D eigenvalue weighted by atomic mass is 9.96. The average Bonchev–Trinajstić information content (AvgIpc) is 1.82. The van der Waals surface area contributed by atoms with Crippen LogP contribution in [0.3, 0.4) is 0 Å². The topological polar surface area (TPSA) is 237 Å². The van der Waals surface area contributed by atoms with Crippen LogP contribution in [0.2, 0.25) is 0 Å². The minimum Gasteiger partial charge on any atom is -0.481 e. The zero-order chi connectivity index (χ0) is 10.6. The molecule has 11 heteroatoms. The first kappa shape index (κ1) is 29.6. The van der Waals surface area contributed by atoms with Gasteiger partial charge in [-0.2, -0.15) is 13.5 Å². The molecule has 0 amide bonds. The van der Waals surface area contributed by atoms with E-state index in [0.717, 1.165) is 0 Å². The number of aliphatic hydroxyl groups is 1. The summed E-state index contributed by atoms with van der Waals surface area (Å²) >= 11 is 0. The van der Waals surface area contributed by atoms with E-state index in [1.807, 2.05) is 0 Å². The van der Waals surface area contributed by atoms with E-state index in [9.17, 15) is 14.4 Å². The van der Waals surface area contributed by atoms with Crippen LogP contribution in [0.25, 0.3) is 0 Å². The summed E-state index contributed by atoms with van der Waals surface area (Å²) < 4.78 is 0. The van der Waals surface area contributed by atoms with Crippen molar-refractivity contribution in [1.29, 1.82) is 0 Å². The summed E-state index contributed by atoms with van der Waals surface area (Å²) in [5.74, 6) is -5.02. The fourth-order valence-electron chi connectivity index (χ4n) is 0.714. The zero-order valence-corrected chi connectivity index (χ0v) is 10.0. The van der Waals surface area contributed by atoms with Gasteiger partial charge in [0, 0.05) is 0 Å². The predicted octanol–water partition coefficient (Wildman–Crippen LogP) is -0.650. The van der Waals surface area contributed by atoms with Crippen LogP contribution in [0.1, 0.15) is 12.8 Å². The Morgan fingerprint density at radius 3 is 1.18 bits per heavy atom. The molecule has 10 nitrogen and oxygen atoms in total. The Morgan fingerprint density at radius 2 is 1.06 bits per heavy atom. The van der Waals surface area contributed by atoms with E-state index in [0.29, 0.717) is 0 Å². The van der Waals surface area contributed by atoms with E-state index in [1.165, 1.54) is 0 Å². The quantitative estimate of drug-likeness (QED) is 0.335. The first-order valence-corrected chi connectivity index (χ1v) is 3.17. The first-order valence-electron chi connectivity index (χ1n) is 3.17. The molecule has 0 radical (unpaired) electrons. The second-order valence-electron chi connectivity index (χ2n) is 2.48. The van der Waals surface area contributed by atoms with E-state index in [-0.39, 0.29) is 31.9 Å². The van der Waals surface area contributed by atoms with Crippen LogP contribution in [0.5, 0.6) is 0 Å². The van der Waals surface area contributed by atoms with Crippen molar-refractivity contribution in [2.45, 2.75) is 18.4 Å². The van der Waals surface area contributed by atoms with Crippen molar-refractivity contribution in [3.8, 4) is 0 Å². The molecule has 0 fully saturated rings. The minimum absolute atomic E-state index is 0. The monoisotopic (exact) mass is 277 g/mol. The Hall–Kier alpha value is -1.40. The van der Waals surface area contributed by atoms with E-state index in [4.69, 9.17) is 20.4 Å². The van der Waals surface area contributed by atoms with Crippen LogP contribution < -0.4 is 18.5 Å². The highest BCUT2D eigenvalue weighted by molar-refractivity contribution is 7.59. The van der Waals surface area contributed by atoms with Crippen LogP contribution in [0.15, 0.2) is 0 Å². The molecule has 0 aliphatic rings. The van der Waals surface area contributed by atoms with E-state index in [2.05, 4.69) is 0 Å². The molecular formula is C6H19N3O7S. The highest BCUT2D eigenvalue weighted by Gasteiger charge is 2.40. The standard InChI is InChI=1S/C6H8O7.3H3N.H2S/c7-3(8)1-6(13,5(11)12)2-4(9)10;;;;/h13H,1-2H2,(H,7,8)(H,9,10)(H,11,12);3*1H3;1H2. The summed E-state index contributed by atoms with van der Waals surface area (Å²) in [4.78, 5) is 30.5. The molecular weight excluding hydrogens is 258 g/mol. The van der Waals surface area contributed by atoms with Crippen LogP contribution >= 0.6 is 13.5 Å². The molecule has 17 heavy (non-hydrogen) atoms. The summed E-state index contributed by atoms with van der Waals surface area (Å²) in [6.07, 6.45) is -2.29. The van der Waals surface area contributed by atoms with Crippen LogP contribution in [0.4, 0.5) is 0 Å². The highest BCUT2D eigenvalue weighted by atomic mass is 32.1. The summed E-state index contributed by atoms with van der Waals surface area (Å²) in [6, 6.07) is 0. The van der Waals surface area contributed by atoms with Gasteiger partial charge in [0.05, 0.1) is 12.8 Å². The lowest BCUT2D eigenvalue weighted by Crippen LogP contribution is -2.42. The SMILES string of the molecule is N.N.N.O=C(O)CC(O)(CC(=O)O)C(=O)O.S. The van der Waals surface area contributed by atoms with Gasteiger partial charge < -0.3 is 38.9 Å². The lowest BCUT2D eigenvalue weighted by Gasteiger charge is -2.18. The Balaban J connectivity index is -0.000000120. The lowest BCUT2D eigenvalue weighted by molar-refractivity contribution is -0.170. The second kappa shape index (κ2) is 11.1. The number of carbonyl (C=O) groups is 3. The van der Waals surface area contributed by atoms with Crippen molar-refractivity contribution >= 4 is 31.4 Å². The minimum atomic E-state index is -2.74. The van der Waals surface area contributed by atoms with Crippen molar-refractivity contribution in [2.75, 3.05) is 0 Å². The maximum atomic E-state index is 10.3. The summed E-state index contributed by atoms with van der Waals surface area (Å²) in [6.45, 7) is 0. The van der Waals surface area contributed by atoms with Crippen molar-refractivity contribution in [1.82, 2.24) is 18.5 Å². The smallest absolute Gasteiger partial charge is 0.336 e. The average molecular weight is 277 g/mol. The number of carboxylic acid groups (broad SMARTS) is 3. The largest absolute Gasteiger partial charge is 0.481 e. The van der Waals surface area contributed by atoms with Crippen molar-refractivity contribution in [3.05, 3.63) is 0 Å². The van der Waals surface area contributed by atoms with Crippen LogP contribution in [0, 0.1) is 0 Å². The molecule has 0 aromatic carbocycles. The molecule has 0 bridgehead atoms. The third-order valence-electron chi connectivity index (χ3n) is 1.29. The normalized spacial score (nSPS) is 8.29. The Morgan fingerprint density at radius 1 is 0.824 bits per heavy atom. The van der Waals surface area contributed by atoms with Crippen LogP contribution in [-0.2, 0) is 14.4 Å². The van der Waals surface area contributed by atoms with Gasteiger partial charge in [0.15, 0.2) is 5.60 Å². The third kappa shape index (κ3) is 10.9. The van der Waals surface area contributed by atoms with Gasteiger partial charge in [-0.25, -0.2) is 4.79 Å². The molecule has 0 saturated heterocycles. The van der Waals surface area contributed by atoms with Crippen LogP contribution in [-0.4, -0.2) is 43.9 Å². The predicted molar refractivity (Wildman–Crippen MR) is 62.5 cm³/mol. The van der Waals surface area contributed by atoms with Crippen molar-refractivity contribution < 1.29 is 34.8 Å². The molecule has 0 heterocycles. The highest BCUT2D eigenvalue weighted by Crippen LogP contribution is 2.15. The van der Waals surface area contributed by atoms with Gasteiger partial charge in [0.1, 0.15) is 0 Å². The number of carboxylic acids is 3. The van der Waals surface area contributed by atoms with E-state index < -0.39 is 36.4 Å². The third-order valence-corrected chi connectivity index (χ3v) is 1.29. The van der Waals surface area contributed by atoms with Gasteiger partial charge in [-0.15, -0.1) is 0 Å². The van der Waals surface area contributed by atoms with Crippen molar-refractivity contribution in [3.63, 3.8) is 0 Å². The molecule has 13 N–H and O–H groups in total. The molecule has 0 unspecified atom stereocenters. The number of hydrogen-bond acceptors (Lipinski definition) is 7. The maximum Gasteiger partial charge on any atom is 0.336 e. The molecule has 0 rings (SSSR count). The molecule has 0 aliphatic carbocycles. The number of aliphatic carboxylic acids is 3. The molecule has 0 aliphatic heterocycles. The summed E-state index contributed by atoms with van der Waals surface area (Å²) in [5, 5.41) is 33.8.